The average molecular weight is 296 g/mol. The summed E-state index contributed by atoms with van der Waals surface area (Å²) in [6.07, 6.45) is 0.864. The SMILES string of the molecule is O=[N+]([O-])c1c(N2CCc3ccccc3C2)ccc2nonc12. The van der Waals surface area contributed by atoms with Crippen LogP contribution < -0.4 is 4.90 Å². The van der Waals surface area contributed by atoms with Gasteiger partial charge in [0.2, 0.25) is 5.52 Å². The summed E-state index contributed by atoms with van der Waals surface area (Å²) in [4.78, 5) is 13.1. The zero-order valence-corrected chi connectivity index (χ0v) is 11.6. The molecule has 1 aromatic heterocycles. The van der Waals surface area contributed by atoms with Crippen molar-refractivity contribution in [1.82, 2.24) is 10.3 Å². The second kappa shape index (κ2) is 4.80. The van der Waals surface area contributed by atoms with Crippen molar-refractivity contribution in [3.05, 3.63) is 57.6 Å². The van der Waals surface area contributed by atoms with Crippen molar-refractivity contribution in [2.75, 3.05) is 11.4 Å². The molecule has 22 heavy (non-hydrogen) atoms. The minimum Gasteiger partial charge on any atom is -0.361 e. The summed E-state index contributed by atoms with van der Waals surface area (Å²) < 4.78 is 4.63. The molecule has 0 atom stereocenters. The second-order valence-corrected chi connectivity index (χ2v) is 5.26. The normalized spacial score (nSPS) is 14.1. The number of rotatable bonds is 2. The van der Waals surface area contributed by atoms with E-state index in [4.69, 9.17) is 0 Å². The van der Waals surface area contributed by atoms with E-state index in [1.165, 1.54) is 11.1 Å². The number of hydrogen-bond donors (Lipinski definition) is 0. The van der Waals surface area contributed by atoms with Crippen molar-refractivity contribution in [3.8, 4) is 0 Å². The lowest BCUT2D eigenvalue weighted by molar-refractivity contribution is -0.382. The van der Waals surface area contributed by atoms with Crippen molar-refractivity contribution in [2.45, 2.75) is 13.0 Å². The topological polar surface area (TPSA) is 85.3 Å². The van der Waals surface area contributed by atoms with Crippen LogP contribution in [0.1, 0.15) is 11.1 Å². The fourth-order valence-electron chi connectivity index (χ4n) is 2.96. The number of nitro groups is 1. The lowest BCUT2D eigenvalue weighted by Gasteiger charge is -2.30. The highest BCUT2D eigenvalue weighted by Crippen LogP contribution is 2.36. The Morgan fingerprint density at radius 1 is 1.14 bits per heavy atom. The molecule has 4 rings (SSSR count). The largest absolute Gasteiger partial charge is 0.361 e. The number of fused-ring (bicyclic) bond motifs is 2. The highest BCUT2D eigenvalue weighted by Gasteiger charge is 2.28. The second-order valence-electron chi connectivity index (χ2n) is 5.26. The molecule has 0 bridgehead atoms. The predicted octanol–water partition coefficient (Wildman–Crippen LogP) is 2.69. The molecule has 0 fully saturated rings. The fraction of sp³-hybridized carbons (Fsp3) is 0.200. The van der Waals surface area contributed by atoms with Crippen LogP contribution in [0.4, 0.5) is 11.4 Å². The van der Waals surface area contributed by atoms with Gasteiger partial charge in [-0.25, -0.2) is 4.63 Å². The zero-order chi connectivity index (χ0) is 15.1. The Balaban J connectivity index is 1.82. The summed E-state index contributed by atoms with van der Waals surface area (Å²) >= 11 is 0. The number of aromatic nitrogens is 2. The highest BCUT2D eigenvalue weighted by molar-refractivity contribution is 5.91. The Hall–Kier alpha value is -2.96. The molecule has 7 nitrogen and oxygen atoms in total. The summed E-state index contributed by atoms with van der Waals surface area (Å²) in [5.74, 6) is 0. The lowest BCUT2D eigenvalue weighted by Crippen LogP contribution is -2.30. The summed E-state index contributed by atoms with van der Waals surface area (Å²) in [5.41, 5.74) is 3.60. The molecule has 2 aromatic carbocycles. The van der Waals surface area contributed by atoms with E-state index in [2.05, 4.69) is 27.1 Å². The molecule has 0 spiro atoms. The van der Waals surface area contributed by atoms with Gasteiger partial charge in [0.1, 0.15) is 11.2 Å². The first kappa shape index (κ1) is 12.8. The molecule has 110 valence electrons. The number of hydrogen-bond acceptors (Lipinski definition) is 6. The van der Waals surface area contributed by atoms with E-state index in [-0.39, 0.29) is 11.2 Å². The van der Waals surface area contributed by atoms with Gasteiger partial charge in [-0.15, -0.1) is 0 Å². The standard InChI is InChI=1S/C15H12N4O3/c20-19(21)15-13(6-5-12-14(15)17-22-16-12)18-8-7-10-3-1-2-4-11(10)9-18/h1-6H,7-9H2. The van der Waals surface area contributed by atoms with Crippen molar-refractivity contribution in [2.24, 2.45) is 0 Å². The van der Waals surface area contributed by atoms with E-state index < -0.39 is 4.92 Å². The minimum absolute atomic E-state index is 0.0434. The Kier molecular flexibility index (Phi) is 2.78. The molecule has 0 saturated heterocycles. The summed E-state index contributed by atoms with van der Waals surface area (Å²) in [7, 11) is 0. The van der Waals surface area contributed by atoms with E-state index >= 15 is 0 Å². The molecule has 0 N–H and O–H groups in total. The van der Waals surface area contributed by atoms with Gasteiger partial charge < -0.3 is 4.90 Å². The summed E-state index contributed by atoms with van der Waals surface area (Å²) in [6.45, 7) is 1.38. The monoisotopic (exact) mass is 296 g/mol. The Labute approximate surface area is 125 Å². The molecular formula is C15H12N4O3. The van der Waals surface area contributed by atoms with Gasteiger partial charge in [-0.1, -0.05) is 24.3 Å². The van der Waals surface area contributed by atoms with E-state index in [1.54, 1.807) is 12.1 Å². The van der Waals surface area contributed by atoms with Crippen LogP contribution in [-0.4, -0.2) is 21.8 Å². The first-order chi connectivity index (χ1) is 10.7. The predicted molar refractivity (Wildman–Crippen MR) is 79.7 cm³/mol. The van der Waals surface area contributed by atoms with Crippen LogP contribution in [0.15, 0.2) is 41.0 Å². The maximum atomic E-state index is 11.5. The molecule has 0 aliphatic carbocycles. The van der Waals surface area contributed by atoms with Gasteiger partial charge in [-0.05, 0) is 40.0 Å². The van der Waals surface area contributed by atoms with E-state index in [0.29, 0.717) is 17.7 Å². The number of nitro benzene ring substituents is 1. The van der Waals surface area contributed by atoms with E-state index in [9.17, 15) is 10.1 Å². The lowest BCUT2D eigenvalue weighted by atomic mass is 9.99. The van der Waals surface area contributed by atoms with Gasteiger partial charge >= 0.3 is 5.69 Å². The Bertz CT molecular complexity index is 874. The van der Waals surface area contributed by atoms with Crippen molar-refractivity contribution in [1.29, 1.82) is 0 Å². The van der Waals surface area contributed by atoms with Crippen molar-refractivity contribution in [3.63, 3.8) is 0 Å². The van der Waals surface area contributed by atoms with Crippen molar-refractivity contribution >= 4 is 22.4 Å². The molecule has 3 aromatic rings. The van der Waals surface area contributed by atoms with Crippen LogP contribution in [0.25, 0.3) is 11.0 Å². The minimum atomic E-state index is -0.414. The fourth-order valence-corrected chi connectivity index (χ4v) is 2.96. The van der Waals surface area contributed by atoms with Gasteiger partial charge in [0.05, 0.1) is 4.92 Å². The number of benzene rings is 2. The molecular weight excluding hydrogens is 284 g/mol. The third kappa shape index (κ3) is 1.90. The molecule has 1 aliphatic rings. The van der Waals surface area contributed by atoms with Gasteiger partial charge in [-0.3, -0.25) is 10.1 Å². The van der Waals surface area contributed by atoms with Crippen LogP contribution in [0.2, 0.25) is 0 Å². The van der Waals surface area contributed by atoms with Gasteiger partial charge in [-0.2, -0.15) is 0 Å². The first-order valence-electron chi connectivity index (χ1n) is 6.95. The van der Waals surface area contributed by atoms with Crippen molar-refractivity contribution < 1.29 is 9.55 Å². The maximum absolute atomic E-state index is 11.5. The first-order valence-corrected chi connectivity index (χ1v) is 6.95. The number of nitrogens with zero attached hydrogens (tertiary/aromatic N) is 4. The van der Waals surface area contributed by atoms with Crippen LogP contribution in [0, 0.1) is 10.1 Å². The highest BCUT2D eigenvalue weighted by atomic mass is 16.6. The summed E-state index contributed by atoms with van der Waals surface area (Å²) in [6, 6.07) is 11.6. The van der Waals surface area contributed by atoms with Gasteiger partial charge in [0, 0.05) is 13.1 Å². The Morgan fingerprint density at radius 3 is 2.77 bits per heavy atom. The van der Waals surface area contributed by atoms with Gasteiger partial charge in [0.15, 0.2) is 0 Å². The zero-order valence-electron chi connectivity index (χ0n) is 11.6. The third-order valence-corrected chi connectivity index (χ3v) is 4.03. The number of anilines is 1. The van der Waals surface area contributed by atoms with Crippen LogP contribution in [0.5, 0.6) is 0 Å². The molecule has 0 radical (unpaired) electrons. The maximum Gasteiger partial charge on any atom is 0.323 e. The smallest absolute Gasteiger partial charge is 0.323 e. The van der Waals surface area contributed by atoms with Crippen LogP contribution >= 0.6 is 0 Å². The van der Waals surface area contributed by atoms with Crippen LogP contribution in [-0.2, 0) is 13.0 Å². The van der Waals surface area contributed by atoms with Gasteiger partial charge in [0.25, 0.3) is 0 Å². The molecule has 7 heteroatoms. The average Bonchev–Trinajstić information content (AvgIpc) is 3.01. The molecule has 1 aliphatic heterocycles. The quantitative estimate of drug-likeness (QED) is 0.534. The summed E-state index contributed by atoms with van der Waals surface area (Å²) in [5, 5.41) is 18.9. The van der Waals surface area contributed by atoms with Crippen LogP contribution in [0.3, 0.4) is 0 Å². The molecule has 0 unspecified atom stereocenters. The Morgan fingerprint density at radius 2 is 1.95 bits per heavy atom. The molecule has 2 heterocycles. The molecule has 0 saturated carbocycles. The van der Waals surface area contributed by atoms with E-state index in [1.807, 2.05) is 17.0 Å². The molecule has 0 amide bonds. The third-order valence-electron chi connectivity index (χ3n) is 4.03. The van der Waals surface area contributed by atoms with E-state index in [0.717, 1.165) is 13.0 Å².